The number of nitrogens with one attached hydrogen (secondary N) is 1. The predicted octanol–water partition coefficient (Wildman–Crippen LogP) is -0.843. The molecule has 1 fully saturated rings. The van der Waals surface area contributed by atoms with Crippen molar-refractivity contribution >= 4 is 5.91 Å². The lowest BCUT2D eigenvalue weighted by Gasteiger charge is -2.26. The van der Waals surface area contributed by atoms with Crippen molar-refractivity contribution in [3.05, 3.63) is 0 Å². The molecule has 0 bridgehead atoms. The Morgan fingerprint density at radius 1 is 1.42 bits per heavy atom. The van der Waals surface area contributed by atoms with Crippen LogP contribution in [0.3, 0.4) is 0 Å². The minimum atomic E-state index is -0.190. The first-order valence-electron chi connectivity index (χ1n) is 4.50. The highest BCUT2D eigenvalue weighted by atomic mass is 16.1. The summed E-state index contributed by atoms with van der Waals surface area (Å²) in [6, 6.07) is 0. The maximum atomic E-state index is 10.4. The predicted molar refractivity (Wildman–Crippen MR) is 47.7 cm³/mol. The molecule has 0 aromatic rings. The van der Waals surface area contributed by atoms with Gasteiger partial charge in [0.15, 0.2) is 0 Å². The molecule has 0 radical (unpaired) electrons. The van der Waals surface area contributed by atoms with Gasteiger partial charge in [0, 0.05) is 32.6 Å². The Morgan fingerprint density at radius 2 is 2.08 bits per heavy atom. The topological polar surface area (TPSA) is 58.4 Å². The molecule has 1 amide bonds. The number of hydrogen-bond acceptors (Lipinski definition) is 3. The Labute approximate surface area is 73.1 Å². The van der Waals surface area contributed by atoms with Crippen molar-refractivity contribution in [3.8, 4) is 0 Å². The number of rotatable bonds is 4. The number of hydrogen-bond donors (Lipinski definition) is 2. The average molecular weight is 171 g/mol. The second-order valence-corrected chi connectivity index (χ2v) is 3.16. The highest BCUT2D eigenvalue weighted by Gasteiger charge is 2.08. The molecule has 0 unspecified atom stereocenters. The molecule has 0 atom stereocenters. The van der Waals surface area contributed by atoms with E-state index < -0.39 is 0 Å². The molecular weight excluding hydrogens is 154 g/mol. The summed E-state index contributed by atoms with van der Waals surface area (Å²) >= 11 is 0. The zero-order chi connectivity index (χ0) is 8.81. The highest BCUT2D eigenvalue weighted by molar-refractivity contribution is 5.73. The van der Waals surface area contributed by atoms with Gasteiger partial charge in [-0.3, -0.25) is 4.79 Å². The van der Waals surface area contributed by atoms with Crippen molar-refractivity contribution in [2.75, 3.05) is 32.7 Å². The summed E-state index contributed by atoms with van der Waals surface area (Å²) in [6.45, 7) is 5.33. The van der Waals surface area contributed by atoms with Gasteiger partial charge in [-0.15, -0.1) is 0 Å². The molecule has 12 heavy (non-hydrogen) atoms. The lowest BCUT2D eigenvalue weighted by Crippen LogP contribution is -2.43. The first-order valence-corrected chi connectivity index (χ1v) is 4.50. The third kappa shape index (κ3) is 3.69. The largest absolute Gasteiger partial charge is 0.370 e. The molecule has 0 aromatic heterocycles. The molecule has 3 N–H and O–H groups in total. The number of piperazine rings is 1. The van der Waals surface area contributed by atoms with Crippen molar-refractivity contribution in [1.29, 1.82) is 0 Å². The van der Waals surface area contributed by atoms with E-state index in [1.165, 1.54) is 0 Å². The fourth-order valence-corrected chi connectivity index (χ4v) is 1.41. The van der Waals surface area contributed by atoms with Crippen LogP contribution in [-0.4, -0.2) is 43.5 Å². The van der Waals surface area contributed by atoms with Gasteiger partial charge in [-0.1, -0.05) is 0 Å². The average Bonchev–Trinajstić information content (AvgIpc) is 2.05. The maximum absolute atomic E-state index is 10.4. The molecule has 4 heteroatoms. The van der Waals surface area contributed by atoms with Crippen molar-refractivity contribution in [1.82, 2.24) is 10.2 Å². The number of amides is 1. The van der Waals surface area contributed by atoms with E-state index in [1.807, 2.05) is 0 Å². The molecule has 0 aliphatic carbocycles. The van der Waals surface area contributed by atoms with Crippen LogP contribution in [-0.2, 0) is 4.79 Å². The van der Waals surface area contributed by atoms with Crippen molar-refractivity contribution in [2.24, 2.45) is 5.73 Å². The number of primary amides is 1. The van der Waals surface area contributed by atoms with Crippen LogP contribution in [0.5, 0.6) is 0 Å². The summed E-state index contributed by atoms with van der Waals surface area (Å²) in [5, 5.41) is 3.28. The molecule has 0 spiro atoms. The third-order valence-electron chi connectivity index (χ3n) is 2.11. The first-order chi connectivity index (χ1) is 5.79. The normalized spacial score (nSPS) is 19.3. The van der Waals surface area contributed by atoms with Gasteiger partial charge in [0.25, 0.3) is 0 Å². The van der Waals surface area contributed by atoms with E-state index >= 15 is 0 Å². The molecule has 4 nitrogen and oxygen atoms in total. The minimum absolute atomic E-state index is 0.190. The monoisotopic (exact) mass is 171 g/mol. The van der Waals surface area contributed by atoms with Crippen molar-refractivity contribution < 1.29 is 4.79 Å². The van der Waals surface area contributed by atoms with E-state index in [9.17, 15) is 4.79 Å². The van der Waals surface area contributed by atoms with Crippen LogP contribution in [0.2, 0.25) is 0 Å². The van der Waals surface area contributed by atoms with Crippen LogP contribution in [0.25, 0.3) is 0 Å². The molecule has 1 heterocycles. The summed E-state index contributed by atoms with van der Waals surface area (Å²) in [4.78, 5) is 12.8. The molecule has 0 aromatic carbocycles. The molecular formula is C8H17N3O. The molecule has 70 valence electrons. The van der Waals surface area contributed by atoms with Crippen LogP contribution in [0.15, 0.2) is 0 Å². The minimum Gasteiger partial charge on any atom is -0.370 e. The van der Waals surface area contributed by atoms with Gasteiger partial charge in [-0.2, -0.15) is 0 Å². The Kier molecular flexibility index (Phi) is 4.04. The SMILES string of the molecule is NC(=O)CCCN1CCNCC1. The Morgan fingerprint density at radius 3 is 2.67 bits per heavy atom. The zero-order valence-corrected chi connectivity index (χ0v) is 7.38. The Bertz CT molecular complexity index is 143. The van der Waals surface area contributed by atoms with E-state index in [0.717, 1.165) is 39.1 Å². The van der Waals surface area contributed by atoms with Gasteiger partial charge in [-0.05, 0) is 13.0 Å². The number of carbonyl (C=O) groups excluding carboxylic acids is 1. The van der Waals surface area contributed by atoms with Crippen LogP contribution in [0.4, 0.5) is 0 Å². The van der Waals surface area contributed by atoms with Gasteiger partial charge in [0.05, 0.1) is 0 Å². The van der Waals surface area contributed by atoms with Gasteiger partial charge in [0.1, 0.15) is 0 Å². The van der Waals surface area contributed by atoms with E-state index in [2.05, 4.69) is 10.2 Å². The van der Waals surface area contributed by atoms with Gasteiger partial charge < -0.3 is 16.0 Å². The van der Waals surface area contributed by atoms with Crippen LogP contribution < -0.4 is 11.1 Å². The van der Waals surface area contributed by atoms with E-state index in [1.54, 1.807) is 0 Å². The number of nitrogens with two attached hydrogens (primary N) is 1. The van der Waals surface area contributed by atoms with Gasteiger partial charge in [0.2, 0.25) is 5.91 Å². The molecule has 1 aliphatic rings. The lowest BCUT2D eigenvalue weighted by atomic mass is 10.2. The van der Waals surface area contributed by atoms with Crippen LogP contribution in [0, 0.1) is 0 Å². The molecule has 1 rings (SSSR count). The number of nitrogens with zero attached hydrogens (tertiary/aromatic N) is 1. The summed E-state index contributed by atoms with van der Waals surface area (Å²) in [5.41, 5.74) is 5.04. The first kappa shape index (κ1) is 9.48. The fraction of sp³-hybridized carbons (Fsp3) is 0.875. The van der Waals surface area contributed by atoms with Gasteiger partial charge >= 0.3 is 0 Å². The van der Waals surface area contributed by atoms with E-state index in [4.69, 9.17) is 5.73 Å². The van der Waals surface area contributed by atoms with E-state index in [-0.39, 0.29) is 5.91 Å². The second-order valence-electron chi connectivity index (χ2n) is 3.16. The summed E-state index contributed by atoms with van der Waals surface area (Å²) in [7, 11) is 0. The second kappa shape index (κ2) is 5.11. The van der Waals surface area contributed by atoms with Crippen molar-refractivity contribution in [2.45, 2.75) is 12.8 Å². The Hall–Kier alpha value is -0.610. The summed E-state index contributed by atoms with van der Waals surface area (Å²) in [5.74, 6) is -0.190. The number of carbonyl (C=O) groups is 1. The standard InChI is InChI=1S/C8H17N3O/c9-8(12)2-1-5-11-6-3-10-4-7-11/h10H,1-7H2,(H2,9,12). The summed E-state index contributed by atoms with van der Waals surface area (Å²) < 4.78 is 0. The maximum Gasteiger partial charge on any atom is 0.217 e. The van der Waals surface area contributed by atoms with E-state index in [0.29, 0.717) is 6.42 Å². The highest BCUT2D eigenvalue weighted by Crippen LogP contribution is 1.96. The van der Waals surface area contributed by atoms with Crippen molar-refractivity contribution in [3.63, 3.8) is 0 Å². The van der Waals surface area contributed by atoms with Crippen LogP contribution >= 0.6 is 0 Å². The smallest absolute Gasteiger partial charge is 0.217 e. The lowest BCUT2D eigenvalue weighted by molar-refractivity contribution is -0.118. The third-order valence-corrected chi connectivity index (χ3v) is 2.11. The molecule has 1 saturated heterocycles. The molecule has 0 saturated carbocycles. The zero-order valence-electron chi connectivity index (χ0n) is 7.38. The molecule has 1 aliphatic heterocycles. The quantitative estimate of drug-likeness (QED) is 0.579. The van der Waals surface area contributed by atoms with Gasteiger partial charge in [-0.25, -0.2) is 0 Å². The fourth-order valence-electron chi connectivity index (χ4n) is 1.41. The van der Waals surface area contributed by atoms with Crippen LogP contribution in [0.1, 0.15) is 12.8 Å². The summed E-state index contributed by atoms with van der Waals surface area (Å²) in [6.07, 6.45) is 1.42. The Balaban J connectivity index is 2.01.